The highest BCUT2D eigenvalue weighted by molar-refractivity contribution is 5.13. The van der Waals surface area contributed by atoms with Crippen molar-refractivity contribution in [1.82, 2.24) is 4.90 Å². The lowest BCUT2D eigenvalue weighted by molar-refractivity contribution is -0.150. The van der Waals surface area contributed by atoms with Crippen LogP contribution in [0.2, 0.25) is 0 Å². The largest absolute Gasteiger partial charge is 0.329 e. The van der Waals surface area contributed by atoms with Crippen molar-refractivity contribution in [3.05, 3.63) is 0 Å². The van der Waals surface area contributed by atoms with Gasteiger partial charge in [-0.25, -0.2) is 0 Å². The Morgan fingerprint density at radius 2 is 1.53 bits per heavy atom. The zero-order valence-electron chi connectivity index (χ0n) is 13.3. The monoisotopic (exact) mass is 264 g/mol. The molecule has 0 aromatic rings. The maximum absolute atomic E-state index is 6.40. The van der Waals surface area contributed by atoms with Crippen LogP contribution in [0.25, 0.3) is 0 Å². The molecule has 4 saturated carbocycles. The van der Waals surface area contributed by atoms with Crippen LogP contribution < -0.4 is 5.73 Å². The summed E-state index contributed by atoms with van der Waals surface area (Å²) < 4.78 is 0. The van der Waals surface area contributed by atoms with Gasteiger partial charge in [0.15, 0.2) is 0 Å². The van der Waals surface area contributed by atoms with Crippen LogP contribution in [0.5, 0.6) is 0 Å². The van der Waals surface area contributed by atoms with Gasteiger partial charge in [0.1, 0.15) is 0 Å². The van der Waals surface area contributed by atoms with Gasteiger partial charge in [-0.05, 0) is 83.1 Å². The Labute approximate surface area is 119 Å². The standard InChI is InChI=1S/C17H32N2/c1-5-16(2,3)19(4)17(11-18)14-7-12-6-13(9-14)10-15(17)8-12/h12-15H,5-11,18H2,1-4H3. The molecule has 0 amide bonds. The summed E-state index contributed by atoms with van der Waals surface area (Å²) in [6, 6.07) is 0. The fourth-order valence-electron chi connectivity index (χ4n) is 5.82. The summed E-state index contributed by atoms with van der Waals surface area (Å²) in [7, 11) is 2.36. The summed E-state index contributed by atoms with van der Waals surface area (Å²) in [5.41, 5.74) is 6.97. The van der Waals surface area contributed by atoms with E-state index in [0.29, 0.717) is 5.54 Å². The molecule has 110 valence electrons. The van der Waals surface area contributed by atoms with Gasteiger partial charge in [-0.15, -0.1) is 0 Å². The number of likely N-dealkylation sites (N-methyl/N-ethyl adjacent to an activating group) is 1. The Kier molecular flexibility index (Phi) is 3.26. The minimum atomic E-state index is 0.273. The molecule has 4 aliphatic carbocycles. The average Bonchev–Trinajstić information content (AvgIpc) is 2.38. The van der Waals surface area contributed by atoms with Crippen molar-refractivity contribution in [3.63, 3.8) is 0 Å². The number of hydrogen-bond acceptors (Lipinski definition) is 2. The van der Waals surface area contributed by atoms with E-state index in [4.69, 9.17) is 5.73 Å². The van der Waals surface area contributed by atoms with Crippen molar-refractivity contribution in [2.75, 3.05) is 13.6 Å². The molecule has 2 N–H and O–H groups in total. The summed E-state index contributed by atoms with van der Waals surface area (Å²) in [5.74, 6) is 3.79. The van der Waals surface area contributed by atoms with Crippen LogP contribution in [0.15, 0.2) is 0 Å². The Balaban J connectivity index is 1.95. The van der Waals surface area contributed by atoms with E-state index < -0.39 is 0 Å². The van der Waals surface area contributed by atoms with Crippen LogP contribution >= 0.6 is 0 Å². The molecule has 2 heteroatoms. The lowest BCUT2D eigenvalue weighted by Crippen LogP contribution is -2.71. The van der Waals surface area contributed by atoms with Gasteiger partial charge in [-0.3, -0.25) is 4.90 Å². The van der Waals surface area contributed by atoms with Crippen molar-refractivity contribution in [2.24, 2.45) is 29.4 Å². The predicted octanol–water partition coefficient (Wildman–Crippen LogP) is 3.26. The van der Waals surface area contributed by atoms with Crippen molar-refractivity contribution in [1.29, 1.82) is 0 Å². The first-order chi connectivity index (χ1) is 8.94. The van der Waals surface area contributed by atoms with E-state index in [1.165, 1.54) is 38.5 Å². The van der Waals surface area contributed by atoms with Crippen LogP contribution in [0.4, 0.5) is 0 Å². The number of hydrogen-bond donors (Lipinski definition) is 1. The summed E-state index contributed by atoms with van der Waals surface area (Å²) in [6.45, 7) is 7.98. The Hall–Kier alpha value is -0.0800. The zero-order chi connectivity index (χ0) is 13.8. The maximum Gasteiger partial charge on any atom is 0.0390 e. The SMILES string of the molecule is CCC(C)(C)N(C)C1(CN)C2CC3CC(C2)CC1C3. The highest BCUT2D eigenvalue weighted by Gasteiger charge is 2.59. The smallest absolute Gasteiger partial charge is 0.0390 e. The highest BCUT2D eigenvalue weighted by atomic mass is 15.3. The zero-order valence-corrected chi connectivity index (χ0v) is 13.3. The fourth-order valence-corrected chi connectivity index (χ4v) is 5.82. The minimum Gasteiger partial charge on any atom is -0.329 e. The number of nitrogens with zero attached hydrogens (tertiary/aromatic N) is 1. The highest BCUT2D eigenvalue weighted by Crippen LogP contribution is 2.60. The Morgan fingerprint density at radius 3 is 1.89 bits per heavy atom. The summed E-state index contributed by atoms with van der Waals surface area (Å²) in [6.07, 6.45) is 8.54. The lowest BCUT2D eigenvalue weighted by atomic mass is 9.47. The van der Waals surface area contributed by atoms with E-state index in [-0.39, 0.29) is 5.54 Å². The molecule has 4 rings (SSSR count). The minimum absolute atomic E-state index is 0.273. The van der Waals surface area contributed by atoms with Gasteiger partial charge in [0, 0.05) is 17.6 Å². The molecule has 2 nitrogen and oxygen atoms in total. The van der Waals surface area contributed by atoms with Crippen molar-refractivity contribution < 1.29 is 0 Å². The molecule has 0 saturated heterocycles. The molecule has 0 aromatic carbocycles. The molecule has 0 radical (unpaired) electrons. The molecule has 0 unspecified atom stereocenters. The first kappa shape index (κ1) is 13.9. The third-order valence-electron chi connectivity index (χ3n) is 7.28. The molecule has 19 heavy (non-hydrogen) atoms. The van der Waals surface area contributed by atoms with Gasteiger partial charge < -0.3 is 5.73 Å². The van der Waals surface area contributed by atoms with Crippen LogP contribution in [0.3, 0.4) is 0 Å². The first-order valence-corrected chi connectivity index (χ1v) is 8.38. The summed E-state index contributed by atoms with van der Waals surface area (Å²) >= 11 is 0. The van der Waals surface area contributed by atoms with Gasteiger partial charge in [0.25, 0.3) is 0 Å². The molecular formula is C17H32N2. The van der Waals surface area contributed by atoms with E-state index in [1.54, 1.807) is 0 Å². The van der Waals surface area contributed by atoms with E-state index >= 15 is 0 Å². The predicted molar refractivity (Wildman–Crippen MR) is 81.0 cm³/mol. The molecule has 4 fully saturated rings. The van der Waals surface area contributed by atoms with E-state index in [2.05, 4.69) is 32.7 Å². The Morgan fingerprint density at radius 1 is 1.05 bits per heavy atom. The van der Waals surface area contributed by atoms with Gasteiger partial charge in [0.2, 0.25) is 0 Å². The second-order valence-corrected chi connectivity index (χ2v) is 8.22. The van der Waals surface area contributed by atoms with E-state index in [9.17, 15) is 0 Å². The maximum atomic E-state index is 6.40. The Bertz CT molecular complexity index is 319. The molecule has 0 atom stereocenters. The number of nitrogens with two attached hydrogens (primary N) is 1. The third-order valence-corrected chi connectivity index (χ3v) is 7.28. The van der Waals surface area contributed by atoms with Crippen LogP contribution in [-0.4, -0.2) is 29.6 Å². The van der Waals surface area contributed by atoms with E-state index in [0.717, 1.165) is 30.2 Å². The van der Waals surface area contributed by atoms with Gasteiger partial charge in [-0.1, -0.05) is 6.92 Å². The fraction of sp³-hybridized carbons (Fsp3) is 1.00. The van der Waals surface area contributed by atoms with Gasteiger partial charge >= 0.3 is 0 Å². The molecule has 0 spiro atoms. The molecule has 0 aromatic heterocycles. The second-order valence-electron chi connectivity index (χ2n) is 8.22. The molecule has 0 heterocycles. The van der Waals surface area contributed by atoms with E-state index in [1.807, 2.05) is 0 Å². The van der Waals surface area contributed by atoms with Crippen LogP contribution in [0, 0.1) is 23.7 Å². The molecule has 4 aliphatic rings. The van der Waals surface area contributed by atoms with Crippen molar-refractivity contribution in [3.8, 4) is 0 Å². The normalized spacial score (nSPS) is 45.2. The van der Waals surface area contributed by atoms with Crippen molar-refractivity contribution >= 4 is 0 Å². The quantitative estimate of drug-likeness (QED) is 0.844. The molecular weight excluding hydrogens is 232 g/mol. The number of rotatable bonds is 4. The summed E-state index contributed by atoms with van der Waals surface area (Å²) in [4.78, 5) is 2.70. The molecule has 4 bridgehead atoms. The lowest BCUT2D eigenvalue weighted by Gasteiger charge is -2.66. The van der Waals surface area contributed by atoms with Crippen LogP contribution in [0.1, 0.15) is 59.3 Å². The molecule has 0 aliphatic heterocycles. The third kappa shape index (κ3) is 1.82. The van der Waals surface area contributed by atoms with Gasteiger partial charge in [-0.2, -0.15) is 0 Å². The first-order valence-electron chi connectivity index (χ1n) is 8.38. The summed E-state index contributed by atoms with van der Waals surface area (Å²) in [5, 5.41) is 0. The topological polar surface area (TPSA) is 29.3 Å². The van der Waals surface area contributed by atoms with Crippen molar-refractivity contribution in [2.45, 2.75) is 70.4 Å². The van der Waals surface area contributed by atoms with Crippen LogP contribution in [-0.2, 0) is 0 Å². The van der Waals surface area contributed by atoms with Gasteiger partial charge in [0.05, 0.1) is 0 Å². The average molecular weight is 264 g/mol. The second kappa shape index (κ2) is 4.46.